The highest BCUT2D eigenvalue weighted by Gasteiger charge is 2.34. The van der Waals surface area contributed by atoms with Gasteiger partial charge in [-0.1, -0.05) is 12.1 Å². The molecule has 1 saturated heterocycles. The summed E-state index contributed by atoms with van der Waals surface area (Å²) >= 11 is 0. The van der Waals surface area contributed by atoms with E-state index in [1.165, 1.54) is 4.90 Å². The summed E-state index contributed by atoms with van der Waals surface area (Å²) in [5, 5.41) is 11.3. The molecule has 3 rings (SSSR count). The Morgan fingerprint density at radius 3 is 2.29 bits per heavy atom. The molecule has 1 N–H and O–H groups in total. The largest absolute Gasteiger partial charge is 0.352 e. The second-order valence-electron chi connectivity index (χ2n) is 6.97. The Labute approximate surface area is 163 Å². The van der Waals surface area contributed by atoms with E-state index in [1.807, 2.05) is 6.07 Å². The SMILES string of the molecule is N#CCC(=O)NC1CCN(C(=O)CCCN2C(=O)c3ccccc3C2=O)CC1. The summed E-state index contributed by atoms with van der Waals surface area (Å²) in [5.74, 6) is -0.907. The van der Waals surface area contributed by atoms with Crippen molar-refractivity contribution in [1.29, 1.82) is 5.26 Å². The number of nitriles is 1. The lowest BCUT2D eigenvalue weighted by Gasteiger charge is -2.32. The molecule has 2 aliphatic rings. The first-order valence-electron chi connectivity index (χ1n) is 9.40. The first-order valence-corrected chi connectivity index (χ1v) is 9.40. The van der Waals surface area contributed by atoms with Crippen LogP contribution in [-0.2, 0) is 9.59 Å². The van der Waals surface area contributed by atoms with Crippen molar-refractivity contribution >= 4 is 23.6 Å². The second kappa shape index (κ2) is 8.65. The summed E-state index contributed by atoms with van der Waals surface area (Å²) in [6.07, 6.45) is 1.83. The summed E-state index contributed by atoms with van der Waals surface area (Å²) in [5.41, 5.74) is 0.832. The van der Waals surface area contributed by atoms with Crippen LogP contribution in [0.2, 0.25) is 0 Å². The molecule has 0 aliphatic carbocycles. The zero-order valence-corrected chi connectivity index (χ0v) is 15.5. The molecule has 8 heteroatoms. The molecule has 2 aliphatic heterocycles. The van der Waals surface area contributed by atoms with Crippen LogP contribution < -0.4 is 5.32 Å². The van der Waals surface area contributed by atoms with Gasteiger partial charge in [0.1, 0.15) is 6.42 Å². The van der Waals surface area contributed by atoms with Crippen molar-refractivity contribution in [2.45, 2.75) is 38.1 Å². The quantitative estimate of drug-likeness (QED) is 0.740. The Morgan fingerprint density at radius 1 is 1.11 bits per heavy atom. The molecule has 1 aromatic carbocycles. The summed E-state index contributed by atoms with van der Waals surface area (Å²) in [7, 11) is 0. The van der Waals surface area contributed by atoms with E-state index in [9.17, 15) is 19.2 Å². The van der Waals surface area contributed by atoms with Crippen LogP contribution in [0.5, 0.6) is 0 Å². The fourth-order valence-electron chi connectivity index (χ4n) is 3.61. The molecule has 0 unspecified atom stereocenters. The monoisotopic (exact) mass is 382 g/mol. The highest BCUT2D eigenvalue weighted by Crippen LogP contribution is 2.23. The zero-order chi connectivity index (χ0) is 20.1. The van der Waals surface area contributed by atoms with Gasteiger partial charge < -0.3 is 10.2 Å². The van der Waals surface area contributed by atoms with Crippen LogP contribution in [0.4, 0.5) is 0 Å². The molecule has 146 valence electrons. The number of fused-ring (bicyclic) bond motifs is 1. The Hall–Kier alpha value is -3.21. The van der Waals surface area contributed by atoms with Gasteiger partial charge in [-0.05, 0) is 31.4 Å². The minimum atomic E-state index is -0.304. The lowest BCUT2D eigenvalue weighted by Crippen LogP contribution is -2.46. The molecule has 0 atom stereocenters. The minimum absolute atomic E-state index is 0.0109. The highest BCUT2D eigenvalue weighted by molar-refractivity contribution is 6.21. The summed E-state index contributed by atoms with van der Waals surface area (Å²) in [6.45, 7) is 1.31. The van der Waals surface area contributed by atoms with Gasteiger partial charge >= 0.3 is 0 Å². The molecule has 0 spiro atoms. The number of amides is 4. The molecule has 1 aromatic rings. The van der Waals surface area contributed by atoms with Crippen molar-refractivity contribution in [3.8, 4) is 6.07 Å². The van der Waals surface area contributed by atoms with Crippen LogP contribution in [0, 0.1) is 11.3 Å². The number of likely N-dealkylation sites (tertiary alicyclic amines) is 1. The number of nitrogens with one attached hydrogen (secondary N) is 1. The Balaban J connectivity index is 1.41. The van der Waals surface area contributed by atoms with Gasteiger partial charge in [-0.15, -0.1) is 0 Å². The molecule has 2 heterocycles. The number of imide groups is 1. The third kappa shape index (κ3) is 4.19. The summed E-state index contributed by atoms with van der Waals surface area (Å²) in [4.78, 5) is 51.4. The number of nitrogens with zero attached hydrogens (tertiary/aromatic N) is 3. The molecule has 0 radical (unpaired) electrons. The van der Waals surface area contributed by atoms with Gasteiger partial charge in [-0.3, -0.25) is 24.1 Å². The normalized spacial score (nSPS) is 16.7. The molecule has 4 amide bonds. The smallest absolute Gasteiger partial charge is 0.261 e. The zero-order valence-electron chi connectivity index (χ0n) is 15.5. The van der Waals surface area contributed by atoms with Crippen molar-refractivity contribution in [2.75, 3.05) is 19.6 Å². The lowest BCUT2D eigenvalue weighted by atomic mass is 10.0. The van der Waals surface area contributed by atoms with E-state index in [-0.39, 0.29) is 49.1 Å². The number of benzene rings is 1. The maximum atomic E-state index is 12.4. The van der Waals surface area contributed by atoms with E-state index < -0.39 is 0 Å². The number of hydrogen-bond donors (Lipinski definition) is 1. The van der Waals surface area contributed by atoms with Crippen LogP contribution in [0.15, 0.2) is 24.3 Å². The Bertz CT molecular complexity index is 802. The average Bonchev–Trinajstić information content (AvgIpc) is 2.94. The van der Waals surface area contributed by atoms with Crippen molar-refractivity contribution in [1.82, 2.24) is 15.1 Å². The van der Waals surface area contributed by atoms with Crippen molar-refractivity contribution in [2.24, 2.45) is 0 Å². The highest BCUT2D eigenvalue weighted by atomic mass is 16.2. The van der Waals surface area contributed by atoms with Gasteiger partial charge in [0.25, 0.3) is 11.8 Å². The van der Waals surface area contributed by atoms with Crippen molar-refractivity contribution in [3.63, 3.8) is 0 Å². The molecule has 0 aromatic heterocycles. The molecule has 0 bridgehead atoms. The van der Waals surface area contributed by atoms with E-state index >= 15 is 0 Å². The minimum Gasteiger partial charge on any atom is -0.352 e. The van der Waals surface area contributed by atoms with Gasteiger partial charge in [0.2, 0.25) is 11.8 Å². The first kappa shape index (κ1) is 19.5. The predicted molar refractivity (Wildman–Crippen MR) is 99.0 cm³/mol. The predicted octanol–water partition coefficient (Wildman–Crippen LogP) is 1.08. The lowest BCUT2D eigenvalue weighted by molar-refractivity contribution is -0.132. The Kier molecular flexibility index (Phi) is 6.04. The molecular formula is C20H22N4O4. The molecule has 1 fully saturated rings. The van der Waals surface area contributed by atoms with Gasteiger partial charge in [-0.25, -0.2) is 0 Å². The number of carbonyl (C=O) groups excluding carboxylic acids is 4. The Morgan fingerprint density at radius 2 is 1.71 bits per heavy atom. The number of hydrogen-bond acceptors (Lipinski definition) is 5. The van der Waals surface area contributed by atoms with E-state index in [4.69, 9.17) is 5.26 Å². The van der Waals surface area contributed by atoms with E-state index in [2.05, 4.69) is 5.32 Å². The average molecular weight is 382 g/mol. The summed E-state index contributed by atoms with van der Waals surface area (Å²) in [6, 6.07) is 8.53. The van der Waals surface area contributed by atoms with Crippen molar-refractivity contribution in [3.05, 3.63) is 35.4 Å². The van der Waals surface area contributed by atoms with Crippen LogP contribution in [-0.4, -0.2) is 59.1 Å². The summed E-state index contributed by atoms with van der Waals surface area (Å²) < 4.78 is 0. The maximum Gasteiger partial charge on any atom is 0.261 e. The first-order chi connectivity index (χ1) is 13.5. The fourth-order valence-corrected chi connectivity index (χ4v) is 3.61. The maximum absolute atomic E-state index is 12.4. The molecule has 0 saturated carbocycles. The van der Waals surface area contributed by atoms with E-state index in [0.717, 1.165) is 0 Å². The number of carbonyl (C=O) groups is 4. The topological polar surface area (TPSA) is 111 Å². The second-order valence-corrected chi connectivity index (χ2v) is 6.97. The van der Waals surface area contributed by atoms with E-state index in [0.29, 0.717) is 43.5 Å². The molecular weight excluding hydrogens is 360 g/mol. The van der Waals surface area contributed by atoms with Crippen molar-refractivity contribution < 1.29 is 19.2 Å². The molecule has 8 nitrogen and oxygen atoms in total. The van der Waals surface area contributed by atoms with E-state index in [1.54, 1.807) is 29.2 Å². The third-order valence-corrected chi connectivity index (χ3v) is 5.10. The van der Waals surface area contributed by atoms with Crippen LogP contribution in [0.3, 0.4) is 0 Å². The van der Waals surface area contributed by atoms with Gasteiger partial charge in [0.05, 0.1) is 17.2 Å². The third-order valence-electron chi connectivity index (χ3n) is 5.10. The van der Waals surface area contributed by atoms with Gasteiger partial charge in [0, 0.05) is 32.1 Å². The fraction of sp³-hybridized carbons (Fsp3) is 0.450. The van der Waals surface area contributed by atoms with Gasteiger partial charge in [-0.2, -0.15) is 5.26 Å². The standard InChI is InChI=1S/C20H22N4O4/c21-10-7-17(25)22-14-8-12-23(13-9-14)18(26)6-3-11-24-19(27)15-4-1-2-5-16(15)20(24)28/h1-2,4-5,14H,3,6-9,11-13H2,(H,22,25). The van der Waals surface area contributed by atoms with Crippen LogP contribution in [0.25, 0.3) is 0 Å². The number of rotatable bonds is 6. The van der Waals surface area contributed by atoms with Crippen LogP contribution in [0.1, 0.15) is 52.8 Å². The van der Waals surface area contributed by atoms with Gasteiger partial charge in [0.15, 0.2) is 0 Å². The molecule has 28 heavy (non-hydrogen) atoms. The number of piperidine rings is 1. The van der Waals surface area contributed by atoms with Crippen LogP contribution >= 0.6 is 0 Å².